The predicted molar refractivity (Wildman–Crippen MR) is 67.9 cm³/mol. The molecule has 0 atom stereocenters. The highest BCUT2D eigenvalue weighted by Gasteiger charge is 2.15. The van der Waals surface area contributed by atoms with Crippen LogP contribution in [0, 0.1) is 20.8 Å². The minimum Gasteiger partial charge on any atom is -0.466 e. The minimum absolute atomic E-state index is 0.184. The van der Waals surface area contributed by atoms with Crippen LogP contribution < -0.4 is 5.32 Å². The maximum Gasteiger partial charge on any atom is 0.261 e. The molecule has 0 bridgehead atoms. The van der Waals surface area contributed by atoms with Crippen molar-refractivity contribution in [1.82, 2.24) is 9.97 Å². The maximum absolute atomic E-state index is 12.0. The molecule has 0 aliphatic carbocycles. The molecule has 2 aromatic heterocycles. The Kier molecular flexibility index (Phi) is 3.34. The summed E-state index contributed by atoms with van der Waals surface area (Å²) in [4.78, 5) is 20.0. The number of halogens is 1. The molecule has 5 nitrogen and oxygen atoms in total. The summed E-state index contributed by atoms with van der Waals surface area (Å²) in [5.74, 6) is 1.11. The van der Waals surface area contributed by atoms with Gasteiger partial charge in [-0.1, -0.05) is 11.6 Å². The van der Waals surface area contributed by atoms with Gasteiger partial charge in [-0.15, -0.1) is 0 Å². The topological polar surface area (TPSA) is 68.0 Å². The van der Waals surface area contributed by atoms with Crippen molar-refractivity contribution in [3.05, 3.63) is 40.1 Å². The van der Waals surface area contributed by atoms with Gasteiger partial charge in [0.25, 0.3) is 5.91 Å². The lowest BCUT2D eigenvalue weighted by atomic mass is 10.2. The van der Waals surface area contributed by atoms with E-state index in [4.69, 9.17) is 16.0 Å². The zero-order valence-corrected chi connectivity index (χ0v) is 11.0. The van der Waals surface area contributed by atoms with E-state index >= 15 is 0 Å². The van der Waals surface area contributed by atoms with Gasteiger partial charge >= 0.3 is 0 Å². The molecular formula is C12H12ClN3O2. The fourth-order valence-electron chi connectivity index (χ4n) is 1.61. The second-order valence-corrected chi connectivity index (χ2v) is 4.32. The van der Waals surface area contributed by atoms with E-state index in [0.717, 1.165) is 0 Å². The van der Waals surface area contributed by atoms with Crippen molar-refractivity contribution in [2.24, 2.45) is 0 Å². The third-order valence-corrected chi connectivity index (χ3v) is 2.53. The summed E-state index contributed by atoms with van der Waals surface area (Å²) >= 11 is 5.79. The second kappa shape index (κ2) is 4.78. The van der Waals surface area contributed by atoms with E-state index in [0.29, 0.717) is 22.8 Å². The van der Waals surface area contributed by atoms with Gasteiger partial charge in [0.2, 0.25) is 5.95 Å². The van der Waals surface area contributed by atoms with E-state index in [1.165, 1.54) is 0 Å². The molecular weight excluding hydrogens is 254 g/mol. The minimum atomic E-state index is -0.314. The summed E-state index contributed by atoms with van der Waals surface area (Å²) < 4.78 is 5.29. The van der Waals surface area contributed by atoms with Crippen LogP contribution in [0.25, 0.3) is 0 Å². The molecule has 0 saturated carbocycles. The molecule has 6 heteroatoms. The third kappa shape index (κ3) is 2.68. The summed E-state index contributed by atoms with van der Waals surface area (Å²) in [5, 5.41) is 2.88. The molecule has 0 aromatic carbocycles. The standard InChI is InChI=1S/C12H12ClN3O2/c1-6-4-10(13)15-12(14-6)16-11(17)9-5-7(2)18-8(9)3/h4-5H,1-3H3,(H,14,15,16,17). The lowest BCUT2D eigenvalue weighted by Crippen LogP contribution is -2.14. The predicted octanol–water partition coefficient (Wildman–Crippen LogP) is 2.90. The summed E-state index contributed by atoms with van der Waals surface area (Å²) in [7, 11) is 0. The molecule has 2 aromatic rings. The maximum atomic E-state index is 12.0. The number of amides is 1. The number of aryl methyl sites for hydroxylation is 3. The highest BCUT2D eigenvalue weighted by Crippen LogP contribution is 2.16. The van der Waals surface area contributed by atoms with Crippen molar-refractivity contribution < 1.29 is 9.21 Å². The van der Waals surface area contributed by atoms with E-state index in [1.807, 2.05) is 0 Å². The number of aromatic nitrogens is 2. The Hall–Kier alpha value is -1.88. The molecule has 18 heavy (non-hydrogen) atoms. The first kappa shape index (κ1) is 12.6. The lowest BCUT2D eigenvalue weighted by molar-refractivity contribution is 0.102. The average Bonchev–Trinajstić information content (AvgIpc) is 2.56. The van der Waals surface area contributed by atoms with Crippen molar-refractivity contribution in [1.29, 1.82) is 0 Å². The number of carbonyl (C=O) groups excluding carboxylic acids is 1. The Morgan fingerprint density at radius 3 is 2.56 bits per heavy atom. The van der Waals surface area contributed by atoms with Gasteiger partial charge in [0, 0.05) is 5.69 Å². The fraction of sp³-hybridized carbons (Fsp3) is 0.250. The van der Waals surface area contributed by atoms with Crippen LogP contribution in [-0.2, 0) is 0 Å². The van der Waals surface area contributed by atoms with Crippen LogP contribution in [0.5, 0.6) is 0 Å². The van der Waals surface area contributed by atoms with Crippen molar-refractivity contribution >= 4 is 23.5 Å². The molecule has 0 aliphatic rings. The SMILES string of the molecule is Cc1cc(Cl)nc(NC(=O)c2cc(C)oc2C)n1. The van der Waals surface area contributed by atoms with Gasteiger partial charge < -0.3 is 4.42 Å². The number of hydrogen-bond donors (Lipinski definition) is 1. The smallest absolute Gasteiger partial charge is 0.261 e. The lowest BCUT2D eigenvalue weighted by Gasteiger charge is -2.03. The molecule has 0 saturated heterocycles. The van der Waals surface area contributed by atoms with E-state index in [2.05, 4.69) is 15.3 Å². The van der Waals surface area contributed by atoms with Crippen LogP contribution in [0.3, 0.4) is 0 Å². The largest absolute Gasteiger partial charge is 0.466 e. The molecule has 2 rings (SSSR count). The summed E-state index contributed by atoms with van der Waals surface area (Å²) in [6, 6.07) is 3.28. The molecule has 0 fully saturated rings. The third-order valence-electron chi connectivity index (χ3n) is 2.33. The Morgan fingerprint density at radius 1 is 1.28 bits per heavy atom. The Balaban J connectivity index is 2.23. The molecule has 0 spiro atoms. The van der Waals surface area contributed by atoms with Crippen LogP contribution >= 0.6 is 11.6 Å². The summed E-state index contributed by atoms with van der Waals surface area (Å²) in [5.41, 5.74) is 1.15. The number of rotatable bonds is 2. The van der Waals surface area contributed by atoms with Crippen LogP contribution in [-0.4, -0.2) is 15.9 Å². The average molecular weight is 266 g/mol. The van der Waals surface area contributed by atoms with Crippen molar-refractivity contribution in [3.63, 3.8) is 0 Å². The Morgan fingerprint density at radius 2 is 2.00 bits per heavy atom. The van der Waals surface area contributed by atoms with Crippen LogP contribution in [0.2, 0.25) is 5.15 Å². The fourth-order valence-corrected chi connectivity index (χ4v) is 1.85. The first-order valence-corrected chi connectivity index (χ1v) is 5.73. The van der Waals surface area contributed by atoms with Crippen molar-refractivity contribution in [2.45, 2.75) is 20.8 Å². The highest BCUT2D eigenvalue weighted by atomic mass is 35.5. The molecule has 0 aliphatic heterocycles. The van der Waals surface area contributed by atoms with E-state index in [9.17, 15) is 4.79 Å². The molecule has 1 N–H and O–H groups in total. The number of hydrogen-bond acceptors (Lipinski definition) is 4. The van der Waals surface area contributed by atoms with Gasteiger partial charge in [0.15, 0.2) is 0 Å². The Bertz CT molecular complexity index is 587. The van der Waals surface area contributed by atoms with Gasteiger partial charge in [-0.3, -0.25) is 10.1 Å². The van der Waals surface area contributed by atoms with Crippen LogP contribution in [0.1, 0.15) is 27.6 Å². The van der Waals surface area contributed by atoms with Gasteiger partial charge in [-0.25, -0.2) is 9.97 Å². The zero-order valence-electron chi connectivity index (χ0n) is 10.2. The number of furan rings is 1. The number of anilines is 1. The van der Waals surface area contributed by atoms with Crippen LogP contribution in [0.15, 0.2) is 16.5 Å². The van der Waals surface area contributed by atoms with Crippen molar-refractivity contribution in [2.75, 3.05) is 5.32 Å². The molecule has 1 amide bonds. The normalized spacial score (nSPS) is 10.4. The first-order chi connectivity index (χ1) is 8.45. The Labute approximate surface area is 109 Å². The highest BCUT2D eigenvalue weighted by molar-refractivity contribution is 6.29. The van der Waals surface area contributed by atoms with Gasteiger partial charge in [-0.05, 0) is 32.9 Å². The first-order valence-electron chi connectivity index (χ1n) is 5.35. The molecule has 0 radical (unpaired) electrons. The van der Waals surface area contributed by atoms with Crippen molar-refractivity contribution in [3.8, 4) is 0 Å². The van der Waals surface area contributed by atoms with Gasteiger partial charge in [-0.2, -0.15) is 0 Å². The number of nitrogens with zero attached hydrogens (tertiary/aromatic N) is 2. The van der Waals surface area contributed by atoms with E-state index in [1.54, 1.807) is 32.9 Å². The molecule has 94 valence electrons. The summed E-state index contributed by atoms with van der Waals surface area (Å²) in [6.07, 6.45) is 0. The molecule has 0 unspecified atom stereocenters. The molecule has 2 heterocycles. The summed E-state index contributed by atoms with van der Waals surface area (Å²) in [6.45, 7) is 5.28. The number of nitrogens with one attached hydrogen (secondary N) is 1. The van der Waals surface area contributed by atoms with Gasteiger partial charge in [0.1, 0.15) is 16.7 Å². The number of carbonyl (C=O) groups is 1. The van der Waals surface area contributed by atoms with E-state index < -0.39 is 0 Å². The quantitative estimate of drug-likeness (QED) is 0.848. The second-order valence-electron chi connectivity index (χ2n) is 3.94. The van der Waals surface area contributed by atoms with Gasteiger partial charge in [0.05, 0.1) is 5.56 Å². The van der Waals surface area contributed by atoms with E-state index in [-0.39, 0.29) is 17.0 Å². The zero-order chi connectivity index (χ0) is 13.3. The monoisotopic (exact) mass is 265 g/mol. The van der Waals surface area contributed by atoms with Crippen LogP contribution in [0.4, 0.5) is 5.95 Å².